The van der Waals surface area contributed by atoms with E-state index in [1.807, 2.05) is 25.2 Å². The van der Waals surface area contributed by atoms with Gasteiger partial charge in [0.2, 0.25) is 0 Å². The van der Waals surface area contributed by atoms with Crippen LogP contribution >= 0.6 is 11.6 Å². The van der Waals surface area contributed by atoms with Gasteiger partial charge in [-0.15, -0.1) is 0 Å². The highest BCUT2D eigenvalue weighted by molar-refractivity contribution is 6.33. The van der Waals surface area contributed by atoms with Crippen LogP contribution in [0, 0.1) is 6.92 Å². The third-order valence-corrected chi connectivity index (χ3v) is 6.53. The van der Waals surface area contributed by atoms with Gasteiger partial charge < -0.3 is 24.3 Å². The summed E-state index contributed by atoms with van der Waals surface area (Å²) in [6.07, 6.45) is 11.8. The minimum atomic E-state index is -0.527. The maximum atomic E-state index is 13.0. The molecule has 0 aliphatic carbocycles. The summed E-state index contributed by atoms with van der Waals surface area (Å²) in [4.78, 5) is 32.7. The van der Waals surface area contributed by atoms with Crippen LogP contribution in [0.1, 0.15) is 60.5 Å². The minimum absolute atomic E-state index is 0.0530. The normalized spacial score (nSPS) is 22.3. The summed E-state index contributed by atoms with van der Waals surface area (Å²) in [6.45, 7) is 5.68. The number of cyclic esters (lactones) is 1. The second-order valence-electron chi connectivity index (χ2n) is 8.84. The standard InChI is InChI=1S/C27H35ClN2O6/c1-3-34-21-11-5-8-15-35-27(33)25-19(2)16-23(31)26(28)22(25)17-20(10-9-12-21)29-36-18-24(32)30-13-6-4-7-14-30/h5,9-11,16,21,31H,3-4,6-8,12-15,17-18H2,1-2H3/b10-9+,11-5+,29-20-. The molecule has 1 saturated heterocycles. The summed E-state index contributed by atoms with van der Waals surface area (Å²) in [5.41, 5.74) is 1.66. The van der Waals surface area contributed by atoms with Gasteiger partial charge in [-0.05, 0) is 69.2 Å². The summed E-state index contributed by atoms with van der Waals surface area (Å²) in [5, 5.41) is 14.6. The number of hydrogen-bond donors (Lipinski definition) is 1. The monoisotopic (exact) mass is 518 g/mol. The second-order valence-corrected chi connectivity index (χ2v) is 9.22. The Labute approximate surface area is 217 Å². The third kappa shape index (κ3) is 7.83. The fourth-order valence-corrected chi connectivity index (χ4v) is 4.51. The van der Waals surface area contributed by atoms with E-state index in [0.29, 0.717) is 36.3 Å². The number of likely N-dealkylation sites (tertiary alicyclic amines) is 1. The van der Waals surface area contributed by atoms with Crippen LogP contribution in [0.4, 0.5) is 0 Å². The molecule has 0 aromatic heterocycles. The lowest BCUT2D eigenvalue weighted by Crippen LogP contribution is -2.37. The zero-order valence-electron chi connectivity index (χ0n) is 21.0. The van der Waals surface area contributed by atoms with Crippen LogP contribution < -0.4 is 0 Å². The number of oxime groups is 1. The zero-order chi connectivity index (χ0) is 25.9. The number of allylic oxidation sites excluding steroid dienone is 1. The molecule has 0 saturated carbocycles. The van der Waals surface area contributed by atoms with Crippen LogP contribution in [0.15, 0.2) is 35.5 Å². The zero-order valence-corrected chi connectivity index (χ0v) is 21.8. The number of amides is 1. The highest BCUT2D eigenvalue weighted by Gasteiger charge is 2.23. The van der Waals surface area contributed by atoms with Crippen LogP contribution in [-0.4, -0.2) is 66.6 Å². The summed E-state index contributed by atoms with van der Waals surface area (Å²) in [5.74, 6) is -0.771. The number of esters is 1. The maximum Gasteiger partial charge on any atom is 0.338 e. The number of phenolic OH excluding ortho intramolecular Hbond substituents is 1. The van der Waals surface area contributed by atoms with E-state index in [-0.39, 0.29) is 48.0 Å². The van der Waals surface area contributed by atoms with Crippen LogP contribution in [0.3, 0.4) is 0 Å². The number of phenols is 1. The largest absolute Gasteiger partial charge is 0.506 e. The molecule has 2 aliphatic rings. The Balaban J connectivity index is 1.90. The number of hydrogen-bond acceptors (Lipinski definition) is 7. The Kier molecular flexibility index (Phi) is 10.8. The number of rotatable bonds is 5. The molecule has 1 fully saturated rings. The molecule has 0 bridgehead atoms. The quantitative estimate of drug-likeness (QED) is 0.343. The van der Waals surface area contributed by atoms with Crippen LogP contribution in [-0.2, 0) is 25.5 Å². The van der Waals surface area contributed by atoms with Crippen molar-refractivity contribution in [2.24, 2.45) is 5.16 Å². The SMILES string of the molecule is CCOC1/C=C/CCOC(=O)c2c(C)cc(O)c(Cl)c2CC(=N\OCC(=O)N2CCCCC2)/C=C/C1. The Morgan fingerprint density at radius 2 is 2.06 bits per heavy atom. The van der Waals surface area contributed by atoms with Gasteiger partial charge in [0, 0.05) is 26.1 Å². The Morgan fingerprint density at radius 3 is 2.81 bits per heavy atom. The molecule has 9 heteroatoms. The van der Waals surface area contributed by atoms with Gasteiger partial charge in [-0.25, -0.2) is 4.79 Å². The van der Waals surface area contributed by atoms with Gasteiger partial charge in [0.1, 0.15) is 5.75 Å². The first kappa shape index (κ1) is 27.7. The molecule has 2 heterocycles. The van der Waals surface area contributed by atoms with Gasteiger partial charge in [-0.1, -0.05) is 35.0 Å². The van der Waals surface area contributed by atoms with E-state index in [4.69, 9.17) is 25.9 Å². The molecule has 36 heavy (non-hydrogen) atoms. The molecule has 8 nitrogen and oxygen atoms in total. The van der Waals surface area contributed by atoms with E-state index in [1.54, 1.807) is 17.9 Å². The molecule has 1 atom stereocenters. The maximum absolute atomic E-state index is 13.0. The van der Waals surface area contributed by atoms with Crippen molar-refractivity contribution in [2.75, 3.05) is 32.9 Å². The predicted octanol–water partition coefficient (Wildman–Crippen LogP) is 4.75. The first-order valence-corrected chi connectivity index (χ1v) is 12.9. The average molecular weight is 519 g/mol. The number of fused-ring (bicyclic) bond motifs is 1. The summed E-state index contributed by atoms with van der Waals surface area (Å²) in [7, 11) is 0. The van der Waals surface area contributed by atoms with Crippen LogP contribution in [0.5, 0.6) is 5.75 Å². The first-order chi connectivity index (χ1) is 17.4. The van der Waals surface area contributed by atoms with E-state index < -0.39 is 5.97 Å². The van der Waals surface area contributed by atoms with E-state index in [9.17, 15) is 14.7 Å². The average Bonchev–Trinajstić information content (AvgIpc) is 2.86. The lowest BCUT2D eigenvalue weighted by Gasteiger charge is -2.26. The fourth-order valence-electron chi connectivity index (χ4n) is 4.30. The molecule has 1 amide bonds. The van der Waals surface area contributed by atoms with Crippen molar-refractivity contribution < 1.29 is 29.0 Å². The number of nitrogens with zero attached hydrogens (tertiary/aromatic N) is 2. The molecule has 2 aliphatic heterocycles. The lowest BCUT2D eigenvalue weighted by atomic mass is 9.96. The first-order valence-electron chi connectivity index (χ1n) is 12.5. The molecule has 1 aromatic carbocycles. The molecule has 1 N–H and O–H groups in total. The highest BCUT2D eigenvalue weighted by atomic mass is 35.5. The van der Waals surface area contributed by atoms with Gasteiger partial charge in [-0.2, -0.15) is 0 Å². The highest BCUT2D eigenvalue weighted by Crippen LogP contribution is 2.34. The van der Waals surface area contributed by atoms with Crippen molar-refractivity contribution in [3.63, 3.8) is 0 Å². The molecular formula is C27H35ClN2O6. The van der Waals surface area contributed by atoms with E-state index >= 15 is 0 Å². The van der Waals surface area contributed by atoms with E-state index in [2.05, 4.69) is 5.16 Å². The molecule has 0 radical (unpaired) electrons. The Hall–Kier alpha value is -2.84. The third-order valence-electron chi connectivity index (χ3n) is 6.11. The summed E-state index contributed by atoms with van der Waals surface area (Å²) in [6, 6.07) is 1.44. The Bertz CT molecular complexity index is 1010. The van der Waals surface area contributed by atoms with Crippen molar-refractivity contribution in [1.82, 2.24) is 4.90 Å². The number of halogens is 1. The van der Waals surface area contributed by atoms with Gasteiger partial charge in [0.15, 0.2) is 6.61 Å². The molecular weight excluding hydrogens is 484 g/mol. The minimum Gasteiger partial charge on any atom is -0.506 e. The number of benzene rings is 1. The summed E-state index contributed by atoms with van der Waals surface area (Å²) < 4.78 is 11.3. The van der Waals surface area contributed by atoms with Gasteiger partial charge >= 0.3 is 5.97 Å². The lowest BCUT2D eigenvalue weighted by molar-refractivity contribution is -0.137. The smallest absolute Gasteiger partial charge is 0.338 e. The number of aryl methyl sites for hydroxylation is 1. The van der Waals surface area contributed by atoms with Crippen molar-refractivity contribution in [3.05, 3.63) is 52.1 Å². The second kappa shape index (κ2) is 14.0. The number of piperidine rings is 1. The molecule has 1 aromatic rings. The van der Waals surface area contributed by atoms with Crippen molar-refractivity contribution in [2.45, 2.75) is 58.5 Å². The number of ether oxygens (including phenoxy) is 2. The molecule has 0 spiro atoms. The van der Waals surface area contributed by atoms with Crippen molar-refractivity contribution in [1.29, 1.82) is 0 Å². The van der Waals surface area contributed by atoms with E-state index in [1.165, 1.54) is 6.07 Å². The summed E-state index contributed by atoms with van der Waals surface area (Å²) >= 11 is 6.45. The van der Waals surface area contributed by atoms with Gasteiger partial charge in [0.25, 0.3) is 5.91 Å². The molecule has 3 rings (SSSR count). The fraction of sp³-hybridized carbons (Fsp3) is 0.519. The van der Waals surface area contributed by atoms with Crippen molar-refractivity contribution in [3.8, 4) is 5.75 Å². The van der Waals surface area contributed by atoms with E-state index in [0.717, 1.165) is 32.4 Å². The van der Waals surface area contributed by atoms with Crippen molar-refractivity contribution >= 4 is 29.2 Å². The van der Waals surface area contributed by atoms with Crippen LogP contribution in [0.25, 0.3) is 0 Å². The Morgan fingerprint density at radius 1 is 1.28 bits per heavy atom. The van der Waals surface area contributed by atoms with Gasteiger partial charge in [0.05, 0.1) is 29.0 Å². The van der Waals surface area contributed by atoms with Crippen LogP contribution in [0.2, 0.25) is 5.02 Å². The van der Waals surface area contributed by atoms with Gasteiger partial charge in [-0.3, -0.25) is 4.79 Å². The number of carbonyl (C=O) groups is 2. The number of carbonyl (C=O) groups excluding carboxylic acids is 2. The number of aromatic hydroxyl groups is 1. The topological polar surface area (TPSA) is 97.7 Å². The molecule has 1 unspecified atom stereocenters. The predicted molar refractivity (Wildman–Crippen MR) is 139 cm³/mol. The molecule has 196 valence electrons.